The first kappa shape index (κ1) is 15.7. The molecule has 6 heteroatoms. The predicted molar refractivity (Wildman–Crippen MR) is 84.3 cm³/mol. The first-order chi connectivity index (χ1) is 9.71. The van der Waals surface area contributed by atoms with Crippen LogP contribution in [0.25, 0.3) is 11.0 Å². The van der Waals surface area contributed by atoms with Gasteiger partial charge in [0.15, 0.2) is 0 Å². The van der Waals surface area contributed by atoms with Crippen molar-refractivity contribution in [3.63, 3.8) is 0 Å². The van der Waals surface area contributed by atoms with E-state index >= 15 is 0 Å². The molecule has 21 heavy (non-hydrogen) atoms. The second kappa shape index (κ2) is 5.60. The number of benzene rings is 1. The number of rotatable bonds is 4. The molecule has 0 aliphatic heterocycles. The predicted octanol–water partition coefficient (Wildman–Crippen LogP) is 2.41. The average Bonchev–Trinajstić information content (AvgIpc) is 2.74. The number of aromatic carboxylic acids is 1. The lowest BCUT2D eigenvalue weighted by Gasteiger charge is -2.20. The van der Waals surface area contributed by atoms with Crippen LogP contribution in [0.1, 0.15) is 37.0 Å². The maximum absolute atomic E-state index is 11.5. The Balaban J connectivity index is 2.73. The van der Waals surface area contributed by atoms with Crippen LogP contribution in [-0.2, 0) is 22.8 Å². The molecular formula is C15H20N2O3S. The molecule has 1 aromatic carbocycles. The molecule has 114 valence electrons. The summed E-state index contributed by atoms with van der Waals surface area (Å²) in [5, 5.41) is 9.40. The van der Waals surface area contributed by atoms with Gasteiger partial charge in [0, 0.05) is 34.8 Å². The molecule has 1 atom stereocenters. The number of aryl methyl sites for hydroxylation is 1. The molecule has 0 bridgehead atoms. The van der Waals surface area contributed by atoms with Crippen LogP contribution in [0, 0.1) is 0 Å². The second-order valence-electron chi connectivity index (χ2n) is 6.09. The summed E-state index contributed by atoms with van der Waals surface area (Å²) in [4.78, 5) is 16.1. The molecular weight excluding hydrogens is 288 g/mol. The van der Waals surface area contributed by atoms with Gasteiger partial charge in [0.25, 0.3) is 0 Å². The minimum absolute atomic E-state index is 0.218. The number of para-hydroxylation sites is 1. The van der Waals surface area contributed by atoms with Gasteiger partial charge in [0.1, 0.15) is 5.82 Å². The van der Waals surface area contributed by atoms with Crippen LogP contribution in [0.15, 0.2) is 18.2 Å². The van der Waals surface area contributed by atoms with E-state index < -0.39 is 16.8 Å². The highest BCUT2D eigenvalue weighted by Crippen LogP contribution is 2.28. The Morgan fingerprint density at radius 2 is 2.05 bits per heavy atom. The van der Waals surface area contributed by atoms with E-state index in [1.807, 2.05) is 31.4 Å². The summed E-state index contributed by atoms with van der Waals surface area (Å²) in [6.07, 6.45) is 1.65. The number of nitrogens with zero attached hydrogens (tertiary/aromatic N) is 2. The van der Waals surface area contributed by atoms with Crippen LogP contribution in [-0.4, -0.2) is 36.8 Å². The summed E-state index contributed by atoms with van der Waals surface area (Å²) in [5.74, 6) is 0.319. The first-order valence-electron chi connectivity index (χ1n) is 6.75. The number of hydrogen-bond acceptors (Lipinski definition) is 3. The van der Waals surface area contributed by atoms with Gasteiger partial charge in [-0.15, -0.1) is 0 Å². The Bertz CT molecular complexity index is 714. The zero-order chi connectivity index (χ0) is 15.8. The van der Waals surface area contributed by atoms with Gasteiger partial charge in [-0.25, -0.2) is 9.78 Å². The van der Waals surface area contributed by atoms with Crippen LogP contribution in [0.4, 0.5) is 0 Å². The lowest BCUT2D eigenvalue weighted by atomic mass is 9.95. The SMILES string of the molecule is CS(=O)CCn1c(C(C)(C)C)nc2cccc(C(=O)O)c21. The monoisotopic (exact) mass is 308 g/mol. The molecule has 0 saturated heterocycles. The van der Waals surface area contributed by atoms with Crippen molar-refractivity contribution in [2.45, 2.75) is 32.7 Å². The van der Waals surface area contributed by atoms with Crippen LogP contribution >= 0.6 is 0 Å². The number of aromatic nitrogens is 2. The molecule has 1 aromatic heterocycles. The van der Waals surface area contributed by atoms with Crippen molar-refractivity contribution in [3.05, 3.63) is 29.6 Å². The maximum atomic E-state index is 11.5. The number of carboxylic acid groups (broad SMARTS) is 1. The van der Waals surface area contributed by atoms with Gasteiger partial charge < -0.3 is 9.67 Å². The lowest BCUT2D eigenvalue weighted by molar-refractivity contribution is 0.0698. The normalized spacial score (nSPS) is 13.5. The summed E-state index contributed by atoms with van der Waals surface area (Å²) in [5.41, 5.74) is 1.30. The van der Waals surface area contributed by atoms with Crippen molar-refractivity contribution < 1.29 is 14.1 Å². The summed E-state index contributed by atoms with van der Waals surface area (Å²) < 4.78 is 13.3. The Morgan fingerprint density at radius 3 is 2.57 bits per heavy atom. The molecule has 2 rings (SSSR count). The van der Waals surface area contributed by atoms with Gasteiger partial charge in [0.05, 0.1) is 16.6 Å². The fourth-order valence-corrected chi connectivity index (χ4v) is 2.81. The molecule has 0 amide bonds. The van der Waals surface area contributed by atoms with Crippen LogP contribution < -0.4 is 0 Å². The summed E-state index contributed by atoms with van der Waals surface area (Å²) >= 11 is 0. The Hall–Kier alpha value is -1.69. The van der Waals surface area contributed by atoms with Gasteiger partial charge in [-0.2, -0.15) is 0 Å². The van der Waals surface area contributed by atoms with Crippen molar-refractivity contribution in [1.82, 2.24) is 9.55 Å². The zero-order valence-corrected chi connectivity index (χ0v) is 13.5. The third kappa shape index (κ3) is 3.15. The number of imidazole rings is 1. The van der Waals surface area contributed by atoms with Crippen LogP contribution in [0.3, 0.4) is 0 Å². The first-order valence-corrected chi connectivity index (χ1v) is 8.47. The van der Waals surface area contributed by atoms with E-state index in [2.05, 4.69) is 4.98 Å². The summed E-state index contributed by atoms with van der Waals surface area (Å²) in [6, 6.07) is 5.10. The number of hydrogen-bond donors (Lipinski definition) is 1. The molecule has 0 aliphatic carbocycles. The summed E-state index contributed by atoms with van der Waals surface area (Å²) in [7, 11) is -0.942. The van der Waals surface area contributed by atoms with E-state index in [1.165, 1.54) is 0 Å². The van der Waals surface area contributed by atoms with E-state index in [0.717, 1.165) is 5.82 Å². The topological polar surface area (TPSA) is 72.2 Å². The highest BCUT2D eigenvalue weighted by molar-refractivity contribution is 7.84. The molecule has 0 aliphatic rings. The molecule has 1 N–H and O–H groups in total. The van der Waals surface area contributed by atoms with Gasteiger partial charge >= 0.3 is 5.97 Å². The number of carboxylic acids is 1. The maximum Gasteiger partial charge on any atom is 0.337 e. The smallest absolute Gasteiger partial charge is 0.337 e. The third-order valence-corrected chi connectivity index (χ3v) is 4.03. The molecule has 1 unspecified atom stereocenters. The van der Waals surface area contributed by atoms with Gasteiger partial charge in [-0.1, -0.05) is 26.8 Å². The zero-order valence-electron chi connectivity index (χ0n) is 12.7. The molecule has 2 aromatic rings. The van der Waals surface area contributed by atoms with Crippen LogP contribution in [0.5, 0.6) is 0 Å². The molecule has 0 radical (unpaired) electrons. The minimum atomic E-state index is -0.972. The standard InChI is InChI=1S/C15H20N2O3S/c1-15(2,3)14-16-11-7-5-6-10(13(18)19)12(11)17(14)8-9-21(4)20/h5-7H,8-9H2,1-4H3,(H,18,19). The van der Waals surface area contributed by atoms with E-state index in [1.54, 1.807) is 18.4 Å². The Kier molecular flexibility index (Phi) is 4.18. The molecule has 0 fully saturated rings. The minimum Gasteiger partial charge on any atom is -0.478 e. The number of fused-ring (bicyclic) bond motifs is 1. The van der Waals surface area contributed by atoms with Crippen molar-refractivity contribution in [2.24, 2.45) is 0 Å². The fourth-order valence-electron chi connectivity index (χ4n) is 2.37. The van der Waals surface area contributed by atoms with E-state index in [4.69, 9.17) is 0 Å². The van der Waals surface area contributed by atoms with Gasteiger partial charge in [-0.3, -0.25) is 4.21 Å². The molecule has 1 heterocycles. The van der Waals surface area contributed by atoms with E-state index in [-0.39, 0.29) is 11.0 Å². The fraction of sp³-hybridized carbons (Fsp3) is 0.467. The van der Waals surface area contributed by atoms with Gasteiger partial charge in [0.2, 0.25) is 0 Å². The molecule has 0 saturated carbocycles. The van der Waals surface area contributed by atoms with Crippen molar-refractivity contribution >= 4 is 27.8 Å². The van der Waals surface area contributed by atoms with E-state index in [0.29, 0.717) is 23.3 Å². The second-order valence-corrected chi connectivity index (χ2v) is 7.65. The van der Waals surface area contributed by atoms with E-state index in [9.17, 15) is 14.1 Å². The van der Waals surface area contributed by atoms with Crippen LogP contribution in [0.2, 0.25) is 0 Å². The number of carbonyl (C=O) groups is 1. The molecule has 5 nitrogen and oxygen atoms in total. The summed E-state index contributed by atoms with van der Waals surface area (Å²) in [6.45, 7) is 6.60. The quantitative estimate of drug-likeness (QED) is 0.941. The third-order valence-electron chi connectivity index (χ3n) is 3.27. The lowest BCUT2D eigenvalue weighted by Crippen LogP contribution is -2.21. The van der Waals surface area contributed by atoms with Crippen molar-refractivity contribution in [1.29, 1.82) is 0 Å². The van der Waals surface area contributed by atoms with Crippen molar-refractivity contribution in [3.8, 4) is 0 Å². The Labute approximate surface area is 126 Å². The highest BCUT2D eigenvalue weighted by atomic mass is 32.2. The average molecular weight is 308 g/mol. The van der Waals surface area contributed by atoms with Crippen molar-refractivity contribution in [2.75, 3.05) is 12.0 Å². The highest BCUT2D eigenvalue weighted by Gasteiger charge is 2.25. The Morgan fingerprint density at radius 1 is 1.38 bits per heavy atom. The van der Waals surface area contributed by atoms with Gasteiger partial charge in [-0.05, 0) is 12.1 Å². The molecule has 0 spiro atoms. The largest absolute Gasteiger partial charge is 0.478 e.